The molecule has 0 aliphatic heterocycles. The summed E-state index contributed by atoms with van der Waals surface area (Å²) in [6.45, 7) is 4.03. The van der Waals surface area contributed by atoms with Crippen LogP contribution in [0.2, 0.25) is 0 Å². The molecule has 0 fully saturated rings. The topological polar surface area (TPSA) is 88.5 Å². The zero-order valence-corrected chi connectivity index (χ0v) is 14.3. The van der Waals surface area contributed by atoms with Gasteiger partial charge in [0, 0.05) is 18.3 Å². The first-order valence-corrected chi connectivity index (χ1v) is 8.14. The third-order valence-corrected chi connectivity index (χ3v) is 3.60. The molecule has 2 rings (SSSR count). The molecule has 6 heteroatoms. The number of hydrogen-bond acceptors (Lipinski definition) is 4. The van der Waals surface area contributed by atoms with Crippen LogP contribution in [-0.4, -0.2) is 28.5 Å². The summed E-state index contributed by atoms with van der Waals surface area (Å²) in [5.41, 5.74) is 0.451. The van der Waals surface area contributed by atoms with E-state index in [1.165, 1.54) is 0 Å². The van der Waals surface area contributed by atoms with Crippen molar-refractivity contribution in [3.63, 3.8) is 0 Å². The molecule has 2 aromatic rings. The lowest BCUT2D eigenvalue weighted by molar-refractivity contribution is -0.142. The SMILES string of the molecule is CC(C)CC(CNC(=O)c1ccc(Oc2cccnc2)cc1)C(=O)O. The summed E-state index contributed by atoms with van der Waals surface area (Å²) in [4.78, 5) is 27.4. The van der Waals surface area contributed by atoms with Crippen molar-refractivity contribution in [2.24, 2.45) is 11.8 Å². The molecule has 1 atom stereocenters. The number of benzene rings is 1. The standard InChI is InChI=1S/C19H22N2O4/c1-13(2)10-15(19(23)24)11-21-18(22)14-5-7-16(8-6-14)25-17-4-3-9-20-12-17/h3-9,12-13,15H,10-11H2,1-2H3,(H,21,22)(H,23,24). The summed E-state index contributed by atoms with van der Waals surface area (Å²) in [5.74, 6) is -0.332. The van der Waals surface area contributed by atoms with Crippen molar-refractivity contribution >= 4 is 11.9 Å². The maximum Gasteiger partial charge on any atom is 0.308 e. The predicted octanol–water partition coefficient (Wildman–Crippen LogP) is 3.35. The fourth-order valence-electron chi connectivity index (χ4n) is 2.38. The lowest BCUT2D eigenvalue weighted by atomic mass is 9.97. The number of carboxylic acids is 1. The Balaban J connectivity index is 1.92. The van der Waals surface area contributed by atoms with Gasteiger partial charge in [-0.05, 0) is 48.7 Å². The Morgan fingerprint density at radius 1 is 1.16 bits per heavy atom. The zero-order valence-electron chi connectivity index (χ0n) is 14.3. The maximum atomic E-state index is 12.2. The Hall–Kier alpha value is -2.89. The van der Waals surface area contributed by atoms with Gasteiger partial charge in [0.1, 0.15) is 11.5 Å². The highest BCUT2D eigenvalue weighted by Gasteiger charge is 2.20. The molecule has 0 saturated heterocycles. The lowest BCUT2D eigenvalue weighted by Gasteiger charge is -2.15. The smallest absolute Gasteiger partial charge is 0.308 e. The third kappa shape index (κ3) is 5.91. The maximum absolute atomic E-state index is 12.2. The quantitative estimate of drug-likeness (QED) is 0.768. The van der Waals surface area contributed by atoms with Crippen LogP contribution in [0.4, 0.5) is 0 Å². The van der Waals surface area contributed by atoms with Crippen LogP contribution >= 0.6 is 0 Å². The summed E-state index contributed by atoms with van der Waals surface area (Å²) in [6, 6.07) is 10.2. The summed E-state index contributed by atoms with van der Waals surface area (Å²) in [7, 11) is 0. The van der Waals surface area contributed by atoms with Crippen LogP contribution in [0.5, 0.6) is 11.5 Å². The Bertz CT molecular complexity index is 699. The normalized spacial score (nSPS) is 11.8. The number of ether oxygens (including phenoxy) is 1. The summed E-state index contributed by atoms with van der Waals surface area (Å²) in [5, 5.41) is 11.9. The van der Waals surface area contributed by atoms with Gasteiger partial charge in [-0.3, -0.25) is 14.6 Å². The second-order valence-corrected chi connectivity index (χ2v) is 6.19. The molecule has 1 aromatic carbocycles. The molecule has 0 spiro atoms. The molecule has 0 aliphatic carbocycles. The van der Waals surface area contributed by atoms with E-state index in [2.05, 4.69) is 10.3 Å². The fraction of sp³-hybridized carbons (Fsp3) is 0.316. The van der Waals surface area contributed by atoms with Crippen molar-refractivity contribution in [2.45, 2.75) is 20.3 Å². The molecule has 1 heterocycles. The van der Waals surface area contributed by atoms with E-state index in [1.807, 2.05) is 13.8 Å². The van der Waals surface area contributed by atoms with E-state index in [-0.39, 0.29) is 18.4 Å². The van der Waals surface area contributed by atoms with Gasteiger partial charge in [0.25, 0.3) is 5.91 Å². The second kappa shape index (κ2) is 8.82. The molecular formula is C19H22N2O4. The van der Waals surface area contributed by atoms with Crippen LogP contribution in [0.15, 0.2) is 48.8 Å². The molecule has 1 unspecified atom stereocenters. The number of nitrogens with one attached hydrogen (secondary N) is 1. The van der Waals surface area contributed by atoms with Crippen molar-refractivity contribution in [3.8, 4) is 11.5 Å². The molecule has 0 radical (unpaired) electrons. The number of rotatable bonds is 8. The van der Waals surface area contributed by atoms with Gasteiger partial charge in [0.05, 0.1) is 12.1 Å². The Morgan fingerprint density at radius 2 is 1.88 bits per heavy atom. The highest BCUT2D eigenvalue weighted by atomic mass is 16.5. The van der Waals surface area contributed by atoms with E-state index < -0.39 is 11.9 Å². The largest absolute Gasteiger partial charge is 0.481 e. The van der Waals surface area contributed by atoms with Crippen LogP contribution in [-0.2, 0) is 4.79 Å². The molecule has 25 heavy (non-hydrogen) atoms. The zero-order chi connectivity index (χ0) is 18.2. The number of aromatic nitrogens is 1. The Morgan fingerprint density at radius 3 is 2.44 bits per heavy atom. The van der Waals surface area contributed by atoms with Gasteiger partial charge < -0.3 is 15.2 Å². The first kappa shape index (κ1) is 18.4. The van der Waals surface area contributed by atoms with Gasteiger partial charge in [0.2, 0.25) is 0 Å². The minimum Gasteiger partial charge on any atom is -0.481 e. The first-order chi connectivity index (χ1) is 12.0. The van der Waals surface area contributed by atoms with E-state index in [1.54, 1.807) is 48.8 Å². The van der Waals surface area contributed by atoms with Gasteiger partial charge in [-0.2, -0.15) is 0 Å². The molecule has 2 N–H and O–H groups in total. The number of carboxylic acid groups (broad SMARTS) is 1. The summed E-state index contributed by atoms with van der Waals surface area (Å²) < 4.78 is 5.61. The minimum absolute atomic E-state index is 0.111. The summed E-state index contributed by atoms with van der Waals surface area (Å²) in [6.07, 6.45) is 3.78. The van der Waals surface area contributed by atoms with Crippen molar-refractivity contribution in [1.82, 2.24) is 10.3 Å². The van der Waals surface area contributed by atoms with Crippen LogP contribution < -0.4 is 10.1 Å². The average Bonchev–Trinajstić information content (AvgIpc) is 2.59. The number of amides is 1. The van der Waals surface area contributed by atoms with Gasteiger partial charge in [-0.1, -0.05) is 13.8 Å². The van der Waals surface area contributed by atoms with Crippen LogP contribution in [0.25, 0.3) is 0 Å². The minimum atomic E-state index is -0.894. The van der Waals surface area contributed by atoms with Crippen molar-refractivity contribution in [2.75, 3.05) is 6.54 Å². The van der Waals surface area contributed by atoms with Gasteiger partial charge in [-0.15, -0.1) is 0 Å². The van der Waals surface area contributed by atoms with E-state index in [4.69, 9.17) is 4.74 Å². The van der Waals surface area contributed by atoms with Crippen molar-refractivity contribution in [3.05, 3.63) is 54.4 Å². The molecular weight excluding hydrogens is 320 g/mol. The monoisotopic (exact) mass is 342 g/mol. The highest BCUT2D eigenvalue weighted by molar-refractivity contribution is 5.94. The van der Waals surface area contributed by atoms with Crippen molar-refractivity contribution in [1.29, 1.82) is 0 Å². The summed E-state index contributed by atoms with van der Waals surface area (Å²) >= 11 is 0. The van der Waals surface area contributed by atoms with Crippen LogP contribution in [0, 0.1) is 11.8 Å². The molecule has 1 aromatic heterocycles. The van der Waals surface area contributed by atoms with Crippen LogP contribution in [0.3, 0.4) is 0 Å². The number of aliphatic carboxylic acids is 1. The fourth-order valence-corrected chi connectivity index (χ4v) is 2.38. The third-order valence-electron chi connectivity index (χ3n) is 3.60. The van der Waals surface area contributed by atoms with E-state index in [0.29, 0.717) is 23.5 Å². The number of carbonyl (C=O) groups is 2. The number of carbonyl (C=O) groups excluding carboxylic acids is 1. The van der Waals surface area contributed by atoms with Gasteiger partial charge in [-0.25, -0.2) is 0 Å². The van der Waals surface area contributed by atoms with Gasteiger partial charge in [0.15, 0.2) is 0 Å². The van der Waals surface area contributed by atoms with Gasteiger partial charge >= 0.3 is 5.97 Å². The Kier molecular flexibility index (Phi) is 6.51. The van der Waals surface area contributed by atoms with E-state index >= 15 is 0 Å². The first-order valence-electron chi connectivity index (χ1n) is 8.14. The van der Waals surface area contributed by atoms with E-state index in [9.17, 15) is 14.7 Å². The van der Waals surface area contributed by atoms with Crippen LogP contribution in [0.1, 0.15) is 30.6 Å². The Labute approximate surface area is 146 Å². The lowest BCUT2D eigenvalue weighted by Crippen LogP contribution is -2.33. The molecule has 0 bridgehead atoms. The number of hydrogen-bond donors (Lipinski definition) is 2. The van der Waals surface area contributed by atoms with Crippen molar-refractivity contribution < 1.29 is 19.4 Å². The second-order valence-electron chi connectivity index (χ2n) is 6.19. The number of pyridine rings is 1. The molecule has 132 valence electrons. The molecule has 6 nitrogen and oxygen atoms in total. The predicted molar refractivity (Wildman–Crippen MR) is 93.7 cm³/mol. The molecule has 0 saturated carbocycles. The van der Waals surface area contributed by atoms with E-state index in [0.717, 1.165) is 0 Å². The number of nitrogens with zero attached hydrogens (tertiary/aromatic N) is 1. The molecule has 0 aliphatic rings. The molecule has 1 amide bonds. The average molecular weight is 342 g/mol. The highest BCUT2D eigenvalue weighted by Crippen LogP contribution is 2.20.